The molecule has 3 amide bonds. The fraction of sp³-hybridized carbons (Fsp3) is 0.250. The second-order valence-electron chi connectivity index (χ2n) is 1.52. The van der Waals surface area contributed by atoms with Gasteiger partial charge >= 0.3 is 6.03 Å². The molecular weight excluding hydrogens is 124 g/mol. The van der Waals surface area contributed by atoms with Crippen LogP contribution >= 0.6 is 0 Å². The second-order valence-corrected chi connectivity index (χ2v) is 1.52. The summed E-state index contributed by atoms with van der Waals surface area (Å²) in [5, 5.41) is 10.4. The molecule has 1 rings (SSSR count). The molecule has 0 saturated carbocycles. The minimum absolute atomic E-state index is 0.727. The zero-order valence-electron chi connectivity index (χ0n) is 4.37. The predicted octanol–water partition coefficient (Wildman–Crippen LogP) is -1.33. The molecular formula is C4H4N2O3. The van der Waals surface area contributed by atoms with Crippen molar-refractivity contribution in [2.75, 3.05) is 0 Å². The summed E-state index contributed by atoms with van der Waals surface area (Å²) in [7, 11) is 0. The molecule has 2 N–H and O–H groups in total. The highest BCUT2D eigenvalue weighted by atomic mass is 16.3. The van der Waals surface area contributed by atoms with Gasteiger partial charge in [0, 0.05) is 6.21 Å². The summed E-state index contributed by atoms with van der Waals surface area (Å²) in [6, 6.07) is -0.731. The van der Waals surface area contributed by atoms with Crippen molar-refractivity contribution in [3.63, 3.8) is 0 Å². The van der Waals surface area contributed by atoms with Crippen molar-refractivity contribution in [2.45, 2.75) is 6.10 Å². The molecule has 0 fully saturated rings. The van der Waals surface area contributed by atoms with Gasteiger partial charge < -0.3 is 5.11 Å². The zero-order chi connectivity index (χ0) is 6.85. The number of aliphatic hydroxyl groups is 1. The van der Waals surface area contributed by atoms with E-state index in [9.17, 15) is 9.59 Å². The Morgan fingerprint density at radius 1 is 1.67 bits per heavy atom. The van der Waals surface area contributed by atoms with Gasteiger partial charge in [-0.1, -0.05) is 0 Å². The minimum Gasteiger partial charge on any atom is -0.378 e. The maximum Gasteiger partial charge on any atom is 0.347 e. The molecule has 48 valence electrons. The van der Waals surface area contributed by atoms with Crippen LogP contribution in [-0.4, -0.2) is 29.4 Å². The number of carbonyl (C=O) groups is 2. The molecule has 5 nitrogen and oxygen atoms in total. The fourth-order valence-electron chi connectivity index (χ4n) is 0.418. The Morgan fingerprint density at radius 2 is 2.33 bits per heavy atom. The van der Waals surface area contributed by atoms with Gasteiger partial charge in [-0.05, 0) is 0 Å². The van der Waals surface area contributed by atoms with Gasteiger partial charge in [0.05, 0.1) is 0 Å². The molecule has 0 saturated heterocycles. The Morgan fingerprint density at radius 3 is 2.78 bits per heavy atom. The van der Waals surface area contributed by atoms with E-state index in [1.807, 2.05) is 0 Å². The van der Waals surface area contributed by atoms with Gasteiger partial charge in [0.15, 0.2) is 6.10 Å². The van der Waals surface area contributed by atoms with E-state index in [0.29, 0.717) is 0 Å². The average molecular weight is 128 g/mol. The smallest absolute Gasteiger partial charge is 0.347 e. The van der Waals surface area contributed by atoms with Crippen LogP contribution in [0.5, 0.6) is 0 Å². The normalized spacial score (nSPS) is 26.1. The number of imide groups is 1. The highest BCUT2D eigenvalue weighted by Gasteiger charge is 2.19. The molecule has 0 aromatic carbocycles. The highest BCUT2D eigenvalue weighted by Crippen LogP contribution is 1.87. The molecule has 1 heterocycles. The topological polar surface area (TPSA) is 78.8 Å². The van der Waals surface area contributed by atoms with Crippen LogP contribution in [-0.2, 0) is 4.79 Å². The van der Waals surface area contributed by atoms with Crippen molar-refractivity contribution in [3.05, 3.63) is 0 Å². The van der Waals surface area contributed by atoms with Crippen LogP contribution in [0.15, 0.2) is 4.99 Å². The molecule has 0 bridgehead atoms. The first-order valence-electron chi connectivity index (χ1n) is 2.27. The van der Waals surface area contributed by atoms with Crippen LogP contribution in [0.3, 0.4) is 0 Å². The third kappa shape index (κ3) is 1.11. The quantitative estimate of drug-likeness (QED) is 0.424. The van der Waals surface area contributed by atoms with Gasteiger partial charge in [0.25, 0.3) is 5.91 Å². The van der Waals surface area contributed by atoms with Crippen molar-refractivity contribution in [1.82, 2.24) is 5.32 Å². The maximum absolute atomic E-state index is 10.3. The van der Waals surface area contributed by atoms with Gasteiger partial charge in [-0.15, -0.1) is 0 Å². The van der Waals surface area contributed by atoms with Crippen molar-refractivity contribution < 1.29 is 14.7 Å². The first kappa shape index (κ1) is 5.90. The number of rotatable bonds is 0. The Bertz CT molecular complexity index is 186. The number of nitrogens with one attached hydrogen (secondary N) is 1. The van der Waals surface area contributed by atoms with Crippen LogP contribution in [0, 0.1) is 0 Å². The third-order valence-electron chi connectivity index (χ3n) is 0.832. The van der Waals surface area contributed by atoms with E-state index in [1.165, 1.54) is 0 Å². The fourth-order valence-corrected chi connectivity index (χ4v) is 0.418. The standard InChI is InChI=1S/C4H4N2O3/c7-2-1-5-4(9)6-3(2)8/h1-2,7H,(H,6,8,9). The molecule has 0 aromatic heterocycles. The van der Waals surface area contributed by atoms with E-state index < -0.39 is 18.0 Å². The van der Waals surface area contributed by atoms with Crippen molar-refractivity contribution in [1.29, 1.82) is 0 Å². The first-order chi connectivity index (χ1) is 4.20. The van der Waals surface area contributed by atoms with Crippen LogP contribution < -0.4 is 5.32 Å². The van der Waals surface area contributed by atoms with E-state index in [0.717, 1.165) is 6.21 Å². The summed E-state index contributed by atoms with van der Waals surface area (Å²) in [5.74, 6) is -0.727. The molecule has 1 unspecified atom stereocenters. The number of hydrogen-bond acceptors (Lipinski definition) is 3. The molecule has 1 aliphatic rings. The molecule has 0 spiro atoms. The van der Waals surface area contributed by atoms with Gasteiger partial charge in [0.2, 0.25) is 0 Å². The van der Waals surface area contributed by atoms with E-state index in [1.54, 1.807) is 5.32 Å². The Kier molecular flexibility index (Phi) is 1.27. The summed E-state index contributed by atoms with van der Waals surface area (Å²) in [6.07, 6.45) is -0.385. The Labute approximate surface area is 50.4 Å². The number of aliphatic imine (C=N–C) groups is 1. The number of carbonyl (C=O) groups excluding carboxylic acids is 2. The number of amides is 3. The third-order valence-corrected chi connectivity index (χ3v) is 0.832. The van der Waals surface area contributed by atoms with Crippen LogP contribution in [0.4, 0.5) is 4.79 Å². The lowest BCUT2D eigenvalue weighted by atomic mass is 10.3. The molecule has 5 heteroatoms. The van der Waals surface area contributed by atoms with Crippen molar-refractivity contribution in [2.24, 2.45) is 4.99 Å². The lowest BCUT2D eigenvalue weighted by molar-refractivity contribution is -0.125. The van der Waals surface area contributed by atoms with Crippen LogP contribution in [0.1, 0.15) is 0 Å². The molecule has 1 atom stereocenters. The van der Waals surface area contributed by atoms with E-state index in [4.69, 9.17) is 5.11 Å². The van der Waals surface area contributed by atoms with Crippen LogP contribution in [0.25, 0.3) is 0 Å². The lowest BCUT2D eigenvalue weighted by Gasteiger charge is -2.07. The Balaban J connectivity index is 2.76. The number of urea groups is 1. The Hall–Kier alpha value is -1.23. The summed E-state index contributed by atoms with van der Waals surface area (Å²) in [5.41, 5.74) is 0. The van der Waals surface area contributed by atoms with Gasteiger partial charge in [-0.2, -0.15) is 0 Å². The molecule has 9 heavy (non-hydrogen) atoms. The number of aliphatic hydroxyl groups excluding tert-OH is 1. The van der Waals surface area contributed by atoms with E-state index >= 15 is 0 Å². The zero-order valence-corrected chi connectivity index (χ0v) is 4.37. The largest absolute Gasteiger partial charge is 0.378 e. The first-order valence-corrected chi connectivity index (χ1v) is 2.27. The summed E-state index contributed by atoms with van der Waals surface area (Å²) in [6.45, 7) is 0. The predicted molar refractivity (Wildman–Crippen MR) is 28.0 cm³/mol. The van der Waals surface area contributed by atoms with Crippen molar-refractivity contribution in [3.8, 4) is 0 Å². The van der Waals surface area contributed by atoms with Crippen molar-refractivity contribution >= 4 is 18.2 Å². The maximum atomic E-state index is 10.3. The monoisotopic (exact) mass is 128 g/mol. The van der Waals surface area contributed by atoms with Gasteiger partial charge in [-0.25, -0.2) is 9.79 Å². The molecule has 1 aliphatic heterocycles. The van der Waals surface area contributed by atoms with Gasteiger partial charge in [-0.3, -0.25) is 10.1 Å². The van der Waals surface area contributed by atoms with Gasteiger partial charge in [0.1, 0.15) is 0 Å². The number of hydrogen-bond donors (Lipinski definition) is 2. The lowest BCUT2D eigenvalue weighted by Crippen LogP contribution is -2.42. The highest BCUT2D eigenvalue weighted by molar-refractivity contribution is 6.10. The van der Waals surface area contributed by atoms with E-state index in [-0.39, 0.29) is 0 Å². The molecule has 0 aliphatic carbocycles. The summed E-state index contributed by atoms with van der Waals surface area (Å²) in [4.78, 5) is 23.6. The van der Waals surface area contributed by atoms with E-state index in [2.05, 4.69) is 4.99 Å². The van der Waals surface area contributed by atoms with Crippen LogP contribution in [0.2, 0.25) is 0 Å². The second kappa shape index (κ2) is 1.94. The average Bonchev–Trinajstić information content (AvgIpc) is 1.80. The summed E-state index contributed by atoms with van der Waals surface area (Å²) < 4.78 is 0. The SMILES string of the molecule is O=C1N=CC(O)C(=O)N1. The number of nitrogens with zero attached hydrogens (tertiary/aromatic N) is 1. The summed E-state index contributed by atoms with van der Waals surface area (Å²) >= 11 is 0. The molecule has 0 aromatic rings. The minimum atomic E-state index is -1.28. The molecule has 0 radical (unpaired) electrons.